The van der Waals surface area contributed by atoms with E-state index in [0.717, 1.165) is 12.1 Å². The van der Waals surface area contributed by atoms with Gasteiger partial charge in [-0.05, 0) is 12.1 Å². The van der Waals surface area contributed by atoms with E-state index in [0.29, 0.717) is 6.20 Å². The predicted octanol–water partition coefficient (Wildman–Crippen LogP) is 1.55. The number of halogens is 3. The highest BCUT2D eigenvalue weighted by Crippen LogP contribution is 2.28. The highest BCUT2D eigenvalue weighted by molar-refractivity contribution is 5.92. The van der Waals surface area contributed by atoms with E-state index in [1.165, 1.54) is 6.92 Å². The molecule has 0 saturated carbocycles. The number of nitrogens with one attached hydrogen (secondary N) is 1. The lowest BCUT2D eigenvalue weighted by atomic mass is 10.2. The van der Waals surface area contributed by atoms with Gasteiger partial charge in [-0.3, -0.25) is 14.6 Å². The normalized spacial score (nSPS) is 12.8. The van der Waals surface area contributed by atoms with E-state index in [9.17, 15) is 22.8 Å². The molecule has 0 saturated heterocycles. The second-order valence-electron chi connectivity index (χ2n) is 3.88. The van der Waals surface area contributed by atoms with Crippen molar-refractivity contribution in [1.82, 2.24) is 10.3 Å². The Morgan fingerprint density at radius 2 is 2.05 bits per heavy atom. The van der Waals surface area contributed by atoms with Crippen LogP contribution in [0.3, 0.4) is 0 Å². The molecule has 1 aromatic rings. The molecule has 8 heteroatoms. The Morgan fingerprint density at radius 3 is 2.47 bits per heavy atom. The smallest absolute Gasteiger partial charge is 0.417 e. The van der Waals surface area contributed by atoms with Gasteiger partial charge >= 0.3 is 12.1 Å². The largest absolute Gasteiger partial charge is 0.481 e. The number of hydrogen-bond donors (Lipinski definition) is 2. The fraction of sp³-hybridized carbons (Fsp3) is 0.364. The van der Waals surface area contributed by atoms with E-state index in [4.69, 9.17) is 5.11 Å². The molecule has 5 nitrogen and oxygen atoms in total. The lowest BCUT2D eigenvalue weighted by Crippen LogP contribution is -2.32. The quantitative estimate of drug-likeness (QED) is 0.874. The van der Waals surface area contributed by atoms with Gasteiger partial charge in [0.2, 0.25) is 0 Å². The van der Waals surface area contributed by atoms with Gasteiger partial charge in [0, 0.05) is 12.7 Å². The van der Waals surface area contributed by atoms with E-state index in [2.05, 4.69) is 10.3 Å². The summed E-state index contributed by atoms with van der Waals surface area (Å²) in [5, 5.41) is 10.9. The average Bonchev–Trinajstić information content (AvgIpc) is 2.34. The summed E-state index contributed by atoms with van der Waals surface area (Å²) in [7, 11) is 0. The summed E-state index contributed by atoms with van der Waals surface area (Å²) in [6.07, 6.45) is -3.96. The molecule has 0 aliphatic rings. The Balaban J connectivity index is 2.66. The number of carbonyl (C=O) groups is 2. The Morgan fingerprint density at radius 1 is 1.42 bits per heavy atom. The van der Waals surface area contributed by atoms with Gasteiger partial charge in [-0.15, -0.1) is 0 Å². The van der Waals surface area contributed by atoms with Gasteiger partial charge < -0.3 is 10.4 Å². The maximum atomic E-state index is 12.3. The number of aliphatic carboxylic acids is 1. The van der Waals surface area contributed by atoms with Crippen LogP contribution in [0.4, 0.5) is 13.2 Å². The maximum Gasteiger partial charge on any atom is 0.417 e. The minimum atomic E-state index is -4.51. The molecular weight excluding hydrogens is 265 g/mol. The molecule has 0 aromatic carbocycles. The molecule has 0 fully saturated rings. The van der Waals surface area contributed by atoms with Gasteiger partial charge in [0.1, 0.15) is 5.69 Å². The summed E-state index contributed by atoms with van der Waals surface area (Å²) in [5.41, 5.74) is -1.16. The van der Waals surface area contributed by atoms with Crippen LogP contribution in [0.2, 0.25) is 0 Å². The first-order chi connectivity index (χ1) is 8.71. The number of aromatic nitrogens is 1. The predicted molar refractivity (Wildman–Crippen MR) is 58.4 cm³/mol. The van der Waals surface area contributed by atoms with E-state index < -0.39 is 29.5 Å². The number of amides is 1. The van der Waals surface area contributed by atoms with Crippen LogP contribution < -0.4 is 5.32 Å². The van der Waals surface area contributed by atoms with Crippen molar-refractivity contribution in [3.63, 3.8) is 0 Å². The summed E-state index contributed by atoms with van der Waals surface area (Å²) in [5.74, 6) is -2.60. The van der Waals surface area contributed by atoms with Crippen LogP contribution in [-0.2, 0) is 11.0 Å². The summed E-state index contributed by atoms with van der Waals surface area (Å²) in [6, 6.07) is 1.67. The number of pyridine rings is 1. The van der Waals surface area contributed by atoms with Crippen molar-refractivity contribution < 1.29 is 27.9 Å². The summed E-state index contributed by atoms with van der Waals surface area (Å²) >= 11 is 0. The fourth-order valence-corrected chi connectivity index (χ4v) is 1.12. The van der Waals surface area contributed by atoms with Crippen molar-refractivity contribution in [3.8, 4) is 0 Å². The van der Waals surface area contributed by atoms with Crippen LogP contribution in [0, 0.1) is 5.92 Å². The molecule has 1 atom stereocenters. The van der Waals surface area contributed by atoms with Crippen LogP contribution in [0.15, 0.2) is 18.3 Å². The first kappa shape index (κ1) is 14.9. The van der Waals surface area contributed by atoms with Gasteiger partial charge in [-0.25, -0.2) is 0 Å². The van der Waals surface area contributed by atoms with Crippen LogP contribution in [-0.4, -0.2) is 28.5 Å². The molecule has 1 heterocycles. The Labute approximate surface area is 106 Å². The molecule has 2 N–H and O–H groups in total. The van der Waals surface area contributed by atoms with Crippen LogP contribution in [0.25, 0.3) is 0 Å². The lowest BCUT2D eigenvalue weighted by molar-refractivity contribution is -0.141. The van der Waals surface area contributed by atoms with Crippen LogP contribution in [0.5, 0.6) is 0 Å². The molecule has 0 bridgehead atoms. The average molecular weight is 276 g/mol. The molecule has 1 aromatic heterocycles. The van der Waals surface area contributed by atoms with Gasteiger partial charge in [0.25, 0.3) is 5.91 Å². The molecule has 1 amide bonds. The molecule has 19 heavy (non-hydrogen) atoms. The van der Waals surface area contributed by atoms with Crippen molar-refractivity contribution in [2.45, 2.75) is 13.1 Å². The third-order valence-electron chi connectivity index (χ3n) is 2.31. The number of carbonyl (C=O) groups excluding carboxylic acids is 1. The summed E-state index contributed by atoms with van der Waals surface area (Å²) in [4.78, 5) is 25.4. The molecule has 0 spiro atoms. The zero-order valence-electron chi connectivity index (χ0n) is 9.86. The number of hydrogen-bond acceptors (Lipinski definition) is 3. The highest BCUT2D eigenvalue weighted by Gasteiger charge is 2.30. The Bertz CT molecular complexity index is 471. The number of nitrogens with zero attached hydrogens (tertiary/aromatic N) is 1. The first-order valence-corrected chi connectivity index (χ1v) is 5.26. The molecule has 0 radical (unpaired) electrons. The molecular formula is C11H11F3N2O3. The SMILES string of the molecule is CC(CNC(=O)c1ccc(C(F)(F)F)cn1)C(=O)O. The van der Waals surface area contributed by atoms with Crippen LogP contribution in [0.1, 0.15) is 23.0 Å². The highest BCUT2D eigenvalue weighted by atomic mass is 19.4. The second-order valence-corrected chi connectivity index (χ2v) is 3.88. The van der Waals surface area contributed by atoms with Gasteiger partial charge in [-0.2, -0.15) is 13.2 Å². The lowest BCUT2D eigenvalue weighted by Gasteiger charge is -2.09. The van der Waals surface area contributed by atoms with E-state index in [-0.39, 0.29) is 12.2 Å². The van der Waals surface area contributed by atoms with Crippen molar-refractivity contribution in [2.75, 3.05) is 6.54 Å². The zero-order chi connectivity index (χ0) is 14.6. The Hall–Kier alpha value is -2.12. The number of carboxylic acid groups (broad SMARTS) is 1. The zero-order valence-corrected chi connectivity index (χ0v) is 9.86. The van der Waals surface area contributed by atoms with Gasteiger partial charge in [0.05, 0.1) is 11.5 Å². The van der Waals surface area contributed by atoms with Crippen molar-refractivity contribution in [1.29, 1.82) is 0 Å². The first-order valence-electron chi connectivity index (χ1n) is 5.26. The minimum absolute atomic E-state index is 0.128. The summed E-state index contributed by atoms with van der Waals surface area (Å²) in [6.45, 7) is 1.26. The maximum absolute atomic E-state index is 12.3. The van der Waals surface area contributed by atoms with Crippen molar-refractivity contribution >= 4 is 11.9 Å². The van der Waals surface area contributed by atoms with E-state index in [1.807, 2.05) is 0 Å². The monoisotopic (exact) mass is 276 g/mol. The fourth-order valence-electron chi connectivity index (χ4n) is 1.12. The molecule has 0 aliphatic carbocycles. The topological polar surface area (TPSA) is 79.3 Å². The minimum Gasteiger partial charge on any atom is -0.481 e. The van der Waals surface area contributed by atoms with Crippen LogP contribution >= 0.6 is 0 Å². The standard InChI is InChI=1S/C11H11F3N2O3/c1-6(10(18)19)4-16-9(17)8-3-2-7(5-15-8)11(12,13)14/h2-3,5-6H,4H2,1H3,(H,16,17)(H,18,19). The third-order valence-corrected chi connectivity index (χ3v) is 2.31. The molecule has 1 rings (SSSR count). The number of alkyl halides is 3. The number of carboxylic acids is 1. The summed E-state index contributed by atoms with van der Waals surface area (Å²) < 4.78 is 36.8. The van der Waals surface area contributed by atoms with Crippen molar-refractivity contribution in [3.05, 3.63) is 29.6 Å². The molecule has 0 aliphatic heterocycles. The number of rotatable bonds is 4. The second kappa shape index (κ2) is 5.68. The molecule has 1 unspecified atom stereocenters. The van der Waals surface area contributed by atoms with Crippen molar-refractivity contribution in [2.24, 2.45) is 5.92 Å². The van der Waals surface area contributed by atoms with E-state index >= 15 is 0 Å². The van der Waals surface area contributed by atoms with Gasteiger partial charge in [-0.1, -0.05) is 6.92 Å². The molecule has 104 valence electrons. The Kier molecular flexibility index (Phi) is 4.47. The third kappa shape index (κ3) is 4.23. The van der Waals surface area contributed by atoms with Gasteiger partial charge in [0.15, 0.2) is 0 Å². The van der Waals surface area contributed by atoms with E-state index in [1.54, 1.807) is 0 Å².